The Balaban J connectivity index is 0.00000162. The molecule has 0 aliphatic heterocycles. The summed E-state index contributed by atoms with van der Waals surface area (Å²) in [6.45, 7) is 0. The normalized spacial score (nSPS) is 13.7. The maximum atomic E-state index is 10.7. The predicted molar refractivity (Wildman–Crippen MR) is 71.8 cm³/mol. The summed E-state index contributed by atoms with van der Waals surface area (Å²) in [6.07, 6.45) is -1.20. The molecule has 0 aromatic heterocycles. The molecule has 0 fully saturated rings. The summed E-state index contributed by atoms with van der Waals surface area (Å²) < 4.78 is 0. The highest BCUT2D eigenvalue weighted by Gasteiger charge is 2.23. The van der Waals surface area contributed by atoms with E-state index in [2.05, 4.69) is 0 Å². The molecule has 2 atom stereocenters. The Labute approximate surface area is 110 Å². The zero-order valence-corrected chi connectivity index (χ0v) is 10.3. The summed E-state index contributed by atoms with van der Waals surface area (Å²) in [4.78, 5) is 10.7. The lowest BCUT2D eigenvalue weighted by atomic mass is 9.99. The molecule has 0 saturated carbocycles. The van der Waals surface area contributed by atoms with E-state index in [1.807, 2.05) is 30.3 Å². The van der Waals surface area contributed by atoms with Crippen molar-refractivity contribution < 1.29 is 15.0 Å². The third kappa shape index (κ3) is 2.79. The fourth-order valence-corrected chi connectivity index (χ4v) is 1.73. The first-order valence-electron chi connectivity index (χ1n) is 5.25. The molecule has 0 saturated heterocycles. The molecule has 0 spiro atoms. The van der Waals surface area contributed by atoms with Gasteiger partial charge in [0.1, 0.15) is 12.1 Å². The molecule has 4 N–H and O–H groups in total. The Kier molecular flexibility index (Phi) is 4.67. The summed E-state index contributed by atoms with van der Waals surface area (Å²) >= 11 is 0. The van der Waals surface area contributed by atoms with Gasteiger partial charge in [0.25, 0.3) is 0 Å². The second-order valence-corrected chi connectivity index (χ2v) is 3.92. The summed E-state index contributed by atoms with van der Waals surface area (Å²) in [5.41, 5.74) is 5.90. The van der Waals surface area contributed by atoms with Crippen LogP contribution in [0.1, 0.15) is 11.7 Å². The van der Waals surface area contributed by atoms with E-state index in [0.29, 0.717) is 5.56 Å². The third-order valence-corrected chi connectivity index (χ3v) is 2.74. The van der Waals surface area contributed by atoms with Crippen LogP contribution in [-0.2, 0) is 4.79 Å². The van der Waals surface area contributed by atoms with Crippen LogP contribution in [0.5, 0.6) is 0 Å². The second kappa shape index (κ2) is 5.82. The zero-order valence-electron chi connectivity index (χ0n) is 9.48. The van der Waals surface area contributed by atoms with E-state index in [-0.39, 0.29) is 12.4 Å². The SMILES string of the molecule is Cl.NC(C(=O)O)C(O)c1ccc2ccccc2c1. The van der Waals surface area contributed by atoms with Gasteiger partial charge in [0.05, 0.1) is 0 Å². The van der Waals surface area contributed by atoms with Gasteiger partial charge >= 0.3 is 5.97 Å². The van der Waals surface area contributed by atoms with Crippen LogP contribution in [0.4, 0.5) is 0 Å². The van der Waals surface area contributed by atoms with Crippen molar-refractivity contribution in [3.05, 3.63) is 48.0 Å². The van der Waals surface area contributed by atoms with Gasteiger partial charge in [-0.15, -0.1) is 12.4 Å². The number of aliphatic hydroxyl groups excluding tert-OH is 1. The molecule has 0 heterocycles. The van der Waals surface area contributed by atoms with Crippen molar-refractivity contribution in [3.8, 4) is 0 Å². The summed E-state index contributed by atoms with van der Waals surface area (Å²) in [6, 6.07) is 11.6. The van der Waals surface area contributed by atoms with E-state index in [1.54, 1.807) is 12.1 Å². The van der Waals surface area contributed by atoms with E-state index in [4.69, 9.17) is 10.8 Å². The number of carbonyl (C=O) groups is 1. The zero-order chi connectivity index (χ0) is 12.4. The molecule has 4 nitrogen and oxygen atoms in total. The van der Waals surface area contributed by atoms with Crippen molar-refractivity contribution in [2.75, 3.05) is 0 Å². The molecule has 0 aliphatic carbocycles. The van der Waals surface area contributed by atoms with E-state index >= 15 is 0 Å². The van der Waals surface area contributed by atoms with Crippen molar-refractivity contribution in [3.63, 3.8) is 0 Å². The van der Waals surface area contributed by atoms with Crippen molar-refractivity contribution in [2.45, 2.75) is 12.1 Å². The van der Waals surface area contributed by atoms with Crippen molar-refractivity contribution in [2.24, 2.45) is 5.73 Å². The first-order valence-corrected chi connectivity index (χ1v) is 5.25. The lowest BCUT2D eigenvalue weighted by Gasteiger charge is -2.15. The summed E-state index contributed by atoms with van der Waals surface area (Å²) in [7, 11) is 0. The molecule has 2 aromatic rings. The predicted octanol–water partition coefficient (Wildman–Crippen LogP) is 1.71. The van der Waals surface area contributed by atoms with Gasteiger partial charge in [0.15, 0.2) is 0 Å². The topological polar surface area (TPSA) is 83.6 Å². The van der Waals surface area contributed by atoms with Crippen molar-refractivity contribution >= 4 is 29.1 Å². The number of fused-ring (bicyclic) bond motifs is 1. The molecular weight excluding hydrogens is 254 g/mol. The fourth-order valence-electron chi connectivity index (χ4n) is 1.73. The molecule has 2 rings (SSSR count). The Bertz CT molecular complexity index is 559. The number of benzene rings is 2. The van der Waals surface area contributed by atoms with Crippen LogP contribution in [0.2, 0.25) is 0 Å². The van der Waals surface area contributed by atoms with Crippen LogP contribution in [0.15, 0.2) is 42.5 Å². The van der Waals surface area contributed by atoms with E-state index in [1.165, 1.54) is 0 Å². The molecule has 5 heteroatoms. The minimum absolute atomic E-state index is 0. The molecule has 0 radical (unpaired) electrons. The third-order valence-electron chi connectivity index (χ3n) is 2.74. The van der Waals surface area contributed by atoms with Crippen LogP contribution in [0.3, 0.4) is 0 Å². The largest absolute Gasteiger partial charge is 0.480 e. The number of rotatable bonds is 3. The molecule has 18 heavy (non-hydrogen) atoms. The smallest absolute Gasteiger partial charge is 0.323 e. The van der Waals surface area contributed by atoms with Crippen molar-refractivity contribution in [1.29, 1.82) is 0 Å². The van der Waals surface area contributed by atoms with Gasteiger partial charge in [-0.1, -0.05) is 36.4 Å². The van der Waals surface area contributed by atoms with Gasteiger partial charge in [0, 0.05) is 0 Å². The number of aliphatic carboxylic acids is 1. The molecule has 0 aliphatic rings. The van der Waals surface area contributed by atoms with Crippen LogP contribution in [0, 0.1) is 0 Å². The summed E-state index contributed by atoms with van der Waals surface area (Å²) in [5, 5.41) is 20.5. The number of halogens is 1. The Morgan fingerprint density at radius 2 is 1.72 bits per heavy atom. The van der Waals surface area contributed by atoms with E-state index in [0.717, 1.165) is 10.8 Å². The van der Waals surface area contributed by atoms with E-state index in [9.17, 15) is 9.90 Å². The van der Waals surface area contributed by atoms with E-state index < -0.39 is 18.1 Å². The molecular formula is C13H14ClNO3. The Hall–Kier alpha value is -1.62. The first kappa shape index (κ1) is 14.4. The maximum absolute atomic E-state index is 10.7. The number of carboxylic acid groups (broad SMARTS) is 1. The van der Waals surface area contributed by atoms with Crippen LogP contribution < -0.4 is 5.73 Å². The average Bonchev–Trinajstić information content (AvgIpc) is 2.36. The molecule has 2 unspecified atom stereocenters. The number of carboxylic acids is 1. The average molecular weight is 268 g/mol. The van der Waals surface area contributed by atoms with Crippen LogP contribution >= 0.6 is 12.4 Å². The standard InChI is InChI=1S/C13H13NO3.ClH/c14-11(13(16)17)12(15)10-6-5-8-3-1-2-4-9(8)7-10;/h1-7,11-12,15H,14H2,(H,16,17);1H. The highest BCUT2D eigenvalue weighted by Crippen LogP contribution is 2.21. The lowest BCUT2D eigenvalue weighted by molar-refractivity contribution is -0.141. The molecule has 96 valence electrons. The molecule has 2 aromatic carbocycles. The van der Waals surface area contributed by atoms with Crippen LogP contribution in [-0.4, -0.2) is 22.2 Å². The minimum atomic E-state index is -1.31. The van der Waals surface area contributed by atoms with Gasteiger partial charge in [-0.25, -0.2) is 0 Å². The monoisotopic (exact) mass is 267 g/mol. The highest BCUT2D eigenvalue weighted by molar-refractivity contribution is 5.85. The number of hydrogen-bond donors (Lipinski definition) is 3. The molecule has 0 amide bonds. The second-order valence-electron chi connectivity index (χ2n) is 3.92. The van der Waals surface area contributed by atoms with Crippen LogP contribution in [0.25, 0.3) is 10.8 Å². The maximum Gasteiger partial charge on any atom is 0.323 e. The highest BCUT2D eigenvalue weighted by atomic mass is 35.5. The lowest BCUT2D eigenvalue weighted by Crippen LogP contribution is -2.36. The van der Waals surface area contributed by atoms with Gasteiger partial charge < -0.3 is 15.9 Å². The van der Waals surface area contributed by atoms with Gasteiger partial charge in [0.2, 0.25) is 0 Å². The van der Waals surface area contributed by atoms with Gasteiger partial charge in [-0.3, -0.25) is 4.79 Å². The van der Waals surface area contributed by atoms with Gasteiger partial charge in [-0.05, 0) is 22.4 Å². The van der Waals surface area contributed by atoms with Crippen molar-refractivity contribution in [1.82, 2.24) is 0 Å². The van der Waals surface area contributed by atoms with Gasteiger partial charge in [-0.2, -0.15) is 0 Å². The summed E-state index contributed by atoms with van der Waals surface area (Å²) in [5.74, 6) is -1.22. The number of aliphatic hydroxyl groups is 1. The fraction of sp³-hybridized carbons (Fsp3) is 0.154. The first-order chi connectivity index (χ1) is 8.09. The quantitative estimate of drug-likeness (QED) is 0.790. The Morgan fingerprint density at radius 1 is 1.11 bits per heavy atom. The number of nitrogens with two attached hydrogens (primary N) is 1. The Morgan fingerprint density at radius 3 is 2.33 bits per heavy atom. The number of hydrogen-bond acceptors (Lipinski definition) is 3. The molecule has 0 bridgehead atoms. The minimum Gasteiger partial charge on any atom is -0.480 e.